The number of carbonyl (C=O) groups is 1. The summed E-state index contributed by atoms with van der Waals surface area (Å²) in [4.78, 5) is 20.6. The molecule has 0 radical (unpaired) electrons. The van der Waals surface area contributed by atoms with Gasteiger partial charge in [0.15, 0.2) is 5.78 Å². The molecular weight excluding hydrogens is 224 g/mol. The minimum atomic E-state index is 0.101. The van der Waals surface area contributed by atoms with Crippen LogP contribution in [0.2, 0.25) is 0 Å². The van der Waals surface area contributed by atoms with Crippen molar-refractivity contribution < 1.29 is 4.79 Å². The van der Waals surface area contributed by atoms with Gasteiger partial charge in [-0.1, -0.05) is 38.3 Å². The average Bonchev–Trinajstić information content (AvgIpc) is 2.43. The smallest absolute Gasteiger partial charge is 0.182 e. The van der Waals surface area contributed by atoms with Crippen LogP contribution in [0, 0.1) is 0 Å². The Kier molecular flexibility index (Phi) is 4.40. The second-order valence-electron chi connectivity index (χ2n) is 4.48. The van der Waals surface area contributed by atoms with E-state index in [0.717, 1.165) is 23.9 Å². The first-order chi connectivity index (χ1) is 8.81. The summed E-state index contributed by atoms with van der Waals surface area (Å²) < 4.78 is 0. The van der Waals surface area contributed by atoms with Crippen molar-refractivity contribution in [2.75, 3.05) is 0 Å². The van der Waals surface area contributed by atoms with Gasteiger partial charge < -0.3 is 0 Å². The highest BCUT2D eigenvalue weighted by atomic mass is 16.1. The standard InChI is InChI=1S/C15H18N2O/c1-2-3-4-5-10-15(18)14-11-16-12-8-6-7-9-13(12)17-14/h6-9,11H,2-5,10H2,1H3. The number of carbonyl (C=O) groups excluding carboxylic acids is 1. The Hall–Kier alpha value is -1.77. The molecule has 2 aromatic rings. The van der Waals surface area contributed by atoms with E-state index >= 15 is 0 Å². The molecule has 0 bridgehead atoms. The van der Waals surface area contributed by atoms with Crippen LogP contribution >= 0.6 is 0 Å². The monoisotopic (exact) mass is 242 g/mol. The van der Waals surface area contributed by atoms with E-state index in [-0.39, 0.29) is 5.78 Å². The zero-order valence-electron chi connectivity index (χ0n) is 10.7. The summed E-state index contributed by atoms with van der Waals surface area (Å²) in [5.74, 6) is 0.101. The van der Waals surface area contributed by atoms with Crippen LogP contribution in [0.3, 0.4) is 0 Å². The molecule has 2 rings (SSSR count). The van der Waals surface area contributed by atoms with Crippen LogP contribution in [0.5, 0.6) is 0 Å². The van der Waals surface area contributed by atoms with Gasteiger partial charge in [0.2, 0.25) is 0 Å². The van der Waals surface area contributed by atoms with Crippen molar-refractivity contribution in [1.29, 1.82) is 0 Å². The Morgan fingerprint density at radius 2 is 1.89 bits per heavy atom. The summed E-state index contributed by atoms with van der Waals surface area (Å²) >= 11 is 0. The summed E-state index contributed by atoms with van der Waals surface area (Å²) in [5, 5.41) is 0. The Labute approximate surface area is 107 Å². The van der Waals surface area contributed by atoms with E-state index in [2.05, 4.69) is 16.9 Å². The van der Waals surface area contributed by atoms with Crippen molar-refractivity contribution in [2.24, 2.45) is 0 Å². The molecule has 0 aliphatic carbocycles. The number of hydrogen-bond donors (Lipinski definition) is 0. The zero-order chi connectivity index (χ0) is 12.8. The molecule has 0 fully saturated rings. The molecule has 0 atom stereocenters. The molecule has 3 heteroatoms. The molecule has 0 aliphatic rings. The Balaban J connectivity index is 2.04. The molecule has 0 saturated heterocycles. The van der Waals surface area contributed by atoms with Gasteiger partial charge in [0, 0.05) is 6.42 Å². The lowest BCUT2D eigenvalue weighted by Crippen LogP contribution is -2.03. The molecule has 0 aliphatic heterocycles. The van der Waals surface area contributed by atoms with Crippen molar-refractivity contribution in [3.8, 4) is 0 Å². The Bertz CT molecular complexity index is 537. The number of aromatic nitrogens is 2. The molecule has 18 heavy (non-hydrogen) atoms. The highest BCUT2D eigenvalue weighted by Crippen LogP contribution is 2.11. The van der Waals surface area contributed by atoms with Gasteiger partial charge in [-0.05, 0) is 18.6 Å². The quantitative estimate of drug-likeness (QED) is 0.572. The average molecular weight is 242 g/mol. The van der Waals surface area contributed by atoms with E-state index in [9.17, 15) is 4.79 Å². The zero-order valence-corrected chi connectivity index (χ0v) is 10.7. The first kappa shape index (κ1) is 12.7. The van der Waals surface area contributed by atoms with Crippen LogP contribution in [0.25, 0.3) is 11.0 Å². The van der Waals surface area contributed by atoms with Crippen molar-refractivity contribution in [3.63, 3.8) is 0 Å². The number of nitrogens with zero attached hydrogens (tertiary/aromatic N) is 2. The number of fused-ring (bicyclic) bond motifs is 1. The summed E-state index contributed by atoms with van der Waals surface area (Å²) in [5.41, 5.74) is 2.11. The Morgan fingerprint density at radius 3 is 2.67 bits per heavy atom. The maximum absolute atomic E-state index is 11.9. The van der Waals surface area contributed by atoms with Crippen molar-refractivity contribution >= 4 is 16.8 Å². The predicted molar refractivity (Wildman–Crippen MR) is 72.6 cm³/mol. The maximum atomic E-state index is 11.9. The summed E-state index contributed by atoms with van der Waals surface area (Å²) in [7, 11) is 0. The number of benzene rings is 1. The molecule has 1 heterocycles. The first-order valence-corrected chi connectivity index (χ1v) is 6.56. The molecule has 94 valence electrons. The first-order valence-electron chi connectivity index (χ1n) is 6.56. The van der Waals surface area contributed by atoms with Crippen LogP contribution in [-0.4, -0.2) is 15.8 Å². The highest BCUT2D eigenvalue weighted by Gasteiger charge is 2.08. The van der Waals surface area contributed by atoms with Crippen LogP contribution < -0.4 is 0 Å². The number of para-hydroxylation sites is 2. The highest BCUT2D eigenvalue weighted by molar-refractivity contribution is 5.95. The number of hydrogen-bond acceptors (Lipinski definition) is 3. The van der Waals surface area contributed by atoms with E-state index in [1.807, 2.05) is 24.3 Å². The second kappa shape index (κ2) is 6.24. The van der Waals surface area contributed by atoms with E-state index in [0.29, 0.717) is 12.1 Å². The molecule has 3 nitrogen and oxygen atoms in total. The lowest BCUT2D eigenvalue weighted by Gasteiger charge is -2.01. The summed E-state index contributed by atoms with van der Waals surface area (Å²) in [6.45, 7) is 2.16. The number of ketones is 1. The van der Waals surface area contributed by atoms with Gasteiger partial charge in [-0.3, -0.25) is 9.78 Å². The van der Waals surface area contributed by atoms with Crippen LogP contribution in [0.1, 0.15) is 49.5 Å². The van der Waals surface area contributed by atoms with E-state index in [1.54, 1.807) is 6.20 Å². The third-order valence-corrected chi connectivity index (χ3v) is 2.99. The molecule has 1 aromatic carbocycles. The van der Waals surface area contributed by atoms with Gasteiger partial charge >= 0.3 is 0 Å². The molecule has 0 spiro atoms. The maximum Gasteiger partial charge on any atom is 0.182 e. The fraction of sp³-hybridized carbons (Fsp3) is 0.400. The number of Topliss-reactive ketones (excluding diaryl/α,β-unsaturated/α-hetero) is 1. The summed E-state index contributed by atoms with van der Waals surface area (Å²) in [6.07, 6.45) is 6.60. The minimum absolute atomic E-state index is 0.101. The lowest BCUT2D eigenvalue weighted by molar-refractivity contribution is 0.0974. The SMILES string of the molecule is CCCCCCC(=O)c1cnc2ccccc2n1. The van der Waals surface area contributed by atoms with Gasteiger partial charge in [0.05, 0.1) is 17.2 Å². The third kappa shape index (κ3) is 3.13. The van der Waals surface area contributed by atoms with Gasteiger partial charge in [-0.25, -0.2) is 4.98 Å². The normalized spacial score (nSPS) is 10.7. The lowest BCUT2D eigenvalue weighted by atomic mass is 10.1. The van der Waals surface area contributed by atoms with Crippen LogP contribution in [0.15, 0.2) is 30.5 Å². The van der Waals surface area contributed by atoms with Crippen LogP contribution in [-0.2, 0) is 0 Å². The van der Waals surface area contributed by atoms with Crippen molar-refractivity contribution in [1.82, 2.24) is 9.97 Å². The third-order valence-electron chi connectivity index (χ3n) is 2.99. The fourth-order valence-corrected chi connectivity index (χ4v) is 1.93. The predicted octanol–water partition coefficient (Wildman–Crippen LogP) is 3.78. The largest absolute Gasteiger partial charge is 0.292 e. The van der Waals surface area contributed by atoms with Gasteiger partial charge in [-0.15, -0.1) is 0 Å². The van der Waals surface area contributed by atoms with Gasteiger partial charge in [0.25, 0.3) is 0 Å². The van der Waals surface area contributed by atoms with E-state index in [1.165, 1.54) is 12.8 Å². The van der Waals surface area contributed by atoms with Gasteiger partial charge in [0.1, 0.15) is 5.69 Å². The summed E-state index contributed by atoms with van der Waals surface area (Å²) in [6, 6.07) is 7.61. The fourth-order valence-electron chi connectivity index (χ4n) is 1.93. The van der Waals surface area contributed by atoms with Gasteiger partial charge in [-0.2, -0.15) is 0 Å². The van der Waals surface area contributed by atoms with Crippen molar-refractivity contribution in [3.05, 3.63) is 36.2 Å². The van der Waals surface area contributed by atoms with Crippen LogP contribution in [0.4, 0.5) is 0 Å². The molecule has 0 amide bonds. The topological polar surface area (TPSA) is 42.9 Å². The second-order valence-corrected chi connectivity index (χ2v) is 4.48. The van der Waals surface area contributed by atoms with Crippen molar-refractivity contribution in [2.45, 2.75) is 39.0 Å². The number of rotatable bonds is 6. The molecule has 0 saturated carbocycles. The van der Waals surface area contributed by atoms with E-state index in [4.69, 9.17) is 0 Å². The van der Waals surface area contributed by atoms with E-state index < -0.39 is 0 Å². The molecule has 0 unspecified atom stereocenters. The Morgan fingerprint density at radius 1 is 1.11 bits per heavy atom. The minimum Gasteiger partial charge on any atom is -0.292 e. The number of unbranched alkanes of at least 4 members (excludes halogenated alkanes) is 3. The molecular formula is C15H18N2O. The molecule has 0 N–H and O–H groups in total. The molecule has 1 aromatic heterocycles.